The molecule has 25 heavy (non-hydrogen) atoms. The summed E-state index contributed by atoms with van der Waals surface area (Å²) < 4.78 is 0. The van der Waals surface area contributed by atoms with E-state index in [0.29, 0.717) is 19.4 Å². The molecular weight excluding hydrogens is 322 g/mol. The van der Waals surface area contributed by atoms with Crippen LogP contribution in [0.1, 0.15) is 72.0 Å². The zero-order chi connectivity index (χ0) is 18.4. The largest absolute Gasteiger partial charge is 0.478 e. The van der Waals surface area contributed by atoms with Crippen LogP contribution in [0.3, 0.4) is 0 Å². The van der Waals surface area contributed by atoms with E-state index < -0.39 is 17.4 Å². The van der Waals surface area contributed by atoms with Crippen molar-refractivity contribution in [3.63, 3.8) is 0 Å². The van der Waals surface area contributed by atoms with Crippen LogP contribution in [0.25, 0.3) is 0 Å². The van der Waals surface area contributed by atoms with Crippen LogP contribution in [-0.4, -0.2) is 40.0 Å². The number of carboxylic acids is 1. The molecule has 0 saturated heterocycles. The van der Waals surface area contributed by atoms with Crippen molar-refractivity contribution in [2.45, 2.75) is 57.9 Å². The maximum absolute atomic E-state index is 12.6. The molecule has 2 amide bonds. The van der Waals surface area contributed by atoms with Crippen LogP contribution in [0.15, 0.2) is 12.1 Å². The molecule has 136 valence electrons. The molecule has 0 atom stereocenters. The maximum atomic E-state index is 12.6. The third-order valence-corrected chi connectivity index (χ3v) is 4.58. The predicted molar refractivity (Wildman–Crippen MR) is 92.5 cm³/mol. The van der Waals surface area contributed by atoms with Crippen molar-refractivity contribution < 1.29 is 19.5 Å². The lowest BCUT2D eigenvalue weighted by Crippen LogP contribution is -2.59. The third kappa shape index (κ3) is 4.35. The van der Waals surface area contributed by atoms with Gasteiger partial charge in [-0.2, -0.15) is 0 Å². The Morgan fingerprint density at radius 2 is 1.88 bits per heavy atom. The number of pyridine rings is 1. The number of aromatic nitrogens is 1. The van der Waals surface area contributed by atoms with Gasteiger partial charge < -0.3 is 15.7 Å². The Hall–Kier alpha value is -2.44. The van der Waals surface area contributed by atoms with Crippen molar-refractivity contribution in [3.05, 3.63) is 29.1 Å². The van der Waals surface area contributed by atoms with Crippen LogP contribution in [0.5, 0.6) is 0 Å². The molecule has 1 fully saturated rings. The molecule has 7 heteroatoms. The van der Waals surface area contributed by atoms with Gasteiger partial charge in [0.2, 0.25) is 5.91 Å². The molecule has 7 nitrogen and oxygen atoms in total. The minimum absolute atomic E-state index is 0.0598. The fourth-order valence-electron chi connectivity index (χ4n) is 3.17. The van der Waals surface area contributed by atoms with Gasteiger partial charge in [-0.3, -0.25) is 9.59 Å². The minimum Gasteiger partial charge on any atom is -0.478 e. The molecule has 1 saturated carbocycles. The van der Waals surface area contributed by atoms with Gasteiger partial charge in [-0.25, -0.2) is 9.78 Å². The van der Waals surface area contributed by atoms with Crippen LogP contribution < -0.4 is 10.6 Å². The first-order valence-electron chi connectivity index (χ1n) is 8.71. The van der Waals surface area contributed by atoms with E-state index in [-0.39, 0.29) is 22.9 Å². The summed E-state index contributed by atoms with van der Waals surface area (Å²) in [6.07, 6.45) is 4.83. The van der Waals surface area contributed by atoms with Crippen molar-refractivity contribution in [1.82, 2.24) is 15.6 Å². The van der Waals surface area contributed by atoms with Crippen LogP contribution >= 0.6 is 0 Å². The Kier molecular flexibility index (Phi) is 6.12. The van der Waals surface area contributed by atoms with E-state index in [1.807, 2.05) is 6.92 Å². The molecule has 1 aliphatic rings. The molecular formula is C18H25N3O4. The molecule has 1 aromatic heterocycles. The van der Waals surface area contributed by atoms with Crippen LogP contribution in [0, 0.1) is 6.92 Å². The average molecular weight is 347 g/mol. The van der Waals surface area contributed by atoms with Crippen LogP contribution in [0.4, 0.5) is 0 Å². The first kappa shape index (κ1) is 18.9. The summed E-state index contributed by atoms with van der Waals surface area (Å²) in [6, 6.07) is 2.75. The van der Waals surface area contributed by atoms with Gasteiger partial charge in [-0.05, 0) is 38.3 Å². The van der Waals surface area contributed by atoms with Gasteiger partial charge in [0, 0.05) is 6.54 Å². The summed E-state index contributed by atoms with van der Waals surface area (Å²) in [5.41, 5.74) is -0.459. The Bertz CT molecular complexity index is 666. The first-order valence-corrected chi connectivity index (χ1v) is 8.71. The van der Waals surface area contributed by atoms with Gasteiger partial charge in [-0.1, -0.05) is 26.2 Å². The summed E-state index contributed by atoms with van der Waals surface area (Å²) in [4.78, 5) is 40.4. The van der Waals surface area contributed by atoms with Gasteiger partial charge in [-0.15, -0.1) is 0 Å². The van der Waals surface area contributed by atoms with E-state index in [4.69, 9.17) is 5.11 Å². The molecule has 0 aliphatic heterocycles. The summed E-state index contributed by atoms with van der Waals surface area (Å²) >= 11 is 0. The minimum atomic E-state index is -1.08. The normalized spacial score (nSPS) is 16.1. The second-order valence-corrected chi connectivity index (χ2v) is 6.49. The molecule has 0 radical (unpaired) electrons. The van der Waals surface area contributed by atoms with Crippen LogP contribution in [0.2, 0.25) is 0 Å². The van der Waals surface area contributed by atoms with Crippen molar-refractivity contribution in [2.75, 3.05) is 6.54 Å². The lowest BCUT2D eigenvalue weighted by atomic mass is 9.80. The molecule has 0 unspecified atom stereocenters. The number of aromatic carboxylic acids is 1. The maximum Gasteiger partial charge on any atom is 0.337 e. The summed E-state index contributed by atoms with van der Waals surface area (Å²) in [7, 11) is 0. The van der Waals surface area contributed by atoms with Crippen molar-refractivity contribution in [3.8, 4) is 0 Å². The van der Waals surface area contributed by atoms with Gasteiger partial charge >= 0.3 is 5.97 Å². The molecule has 1 aromatic rings. The molecule has 1 aliphatic carbocycles. The highest BCUT2D eigenvalue weighted by Crippen LogP contribution is 2.29. The van der Waals surface area contributed by atoms with E-state index in [1.165, 1.54) is 12.1 Å². The van der Waals surface area contributed by atoms with Crippen molar-refractivity contribution >= 4 is 17.8 Å². The van der Waals surface area contributed by atoms with Gasteiger partial charge in [0.25, 0.3) is 5.91 Å². The SMILES string of the molecule is CCCNC(=O)C1(NC(=O)c2ccc(C(=O)O)c(C)n2)CCCCC1. The van der Waals surface area contributed by atoms with Crippen molar-refractivity contribution in [2.24, 2.45) is 0 Å². The molecule has 0 spiro atoms. The zero-order valence-electron chi connectivity index (χ0n) is 14.7. The molecule has 0 aromatic carbocycles. The third-order valence-electron chi connectivity index (χ3n) is 4.58. The Morgan fingerprint density at radius 3 is 2.44 bits per heavy atom. The number of hydrogen-bond donors (Lipinski definition) is 3. The number of carbonyl (C=O) groups excluding carboxylic acids is 2. The average Bonchev–Trinajstić information content (AvgIpc) is 2.59. The Morgan fingerprint density at radius 1 is 1.20 bits per heavy atom. The van der Waals surface area contributed by atoms with E-state index in [2.05, 4.69) is 15.6 Å². The number of nitrogens with zero attached hydrogens (tertiary/aromatic N) is 1. The van der Waals surface area contributed by atoms with Gasteiger partial charge in [0.15, 0.2) is 0 Å². The standard InChI is InChI=1S/C18H25N3O4/c1-3-11-19-17(25)18(9-5-4-6-10-18)21-15(22)14-8-7-13(16(23)24)12(2)20-14/h7-8H,3-6,9-11H2,1-2H3,(H,19,25)(H,21,22)(H,23,24). The quantitative estimate of drug-likeness (QED) is 0.730. The lowest BCUT2D eigenvalue weighted by molar-refractivity contribution is -0.128. The van der Waals surface area contributed by atoms with E-state index in [9.17, 15) is 14.4 Å². The zero-order valence-corrected chi connectivity index (χ0v) is 14.7. The van der Waals surface area contributed by atoms with Crippen molar-refractivity contribution in [1.29, 1.82) is 0 Å². The number of hydrogen-bond acceptors (Lipinski definition) is 4. The number of carboxylic acid groups (broad SMARTS) is 1. The van der Waals surface area contributed by atoms with Crippen LogP contribution in [-0.2, 0) is 4.79 Å². The summed E-state index contributed by atoms with van der Waals surface area (Å²) in [5.74, 6) is -1.69. The number of amides is 2. The van der Waals surface area contributed by atoms with Gasteiger partial charge in [0.05, 0.1) is 11.3 Å². The molecule has 1 heterocycles. The number of rotatable bonds is 6. The van der Waals surface area contributed by atoms with Gasteiger partial charge in [0.1, 0.15) is 11.2 Å². The fraction of sp³-hybridized carbons (Fsp3) is 0.556. The number of carbonyl (C=O) groups is 3. The number of aryl methyl sites for hydroxylation is 1. The monoisotopic (exact) mass is 347 g/mol. The first-order chi connectivity index (χ1) is 11.9. The van der Waals surface area contributed by atoms with E-state index >= 15 is 0 Å². The Balaban J connectivity index is 2.20. The Labute approximate surface area is 147 Å². The fourth-order valence-corrected chi connectivity index (χ4v) is 3.17. The summed E-state index contributed by atoms with van der Waals surface area (Å²) in [6.45, 7) is 4.09. The summed E-state index contributed by atoms with van der Waals surface area (Å²) in [5, 5.41) is 14.8. The highest BCUT2D eigenvalue weighted by molar-refractivity contribution is 5.99. The lowest BCUT2D eigenvalue weighted by Gasteiger charge is -2.36. The molecule has 2 rings (SSSR count). The smallest absolute Gasteiger partial charge is 0.337 e. The van der Waals surface area contributed by atoms with E-state index in [0.717, 1.165) is 25.7 Å². The second kappa shape index (κ2) is 8.09. The predicted octanol–water partition coefficient (Wildman–Crippen LogP) is 2.05. The van der Waals surface area contributed by atoms with E-state index in [1.54, 1.807) is 6.92 Å². The molecule has 0 bridgehead atoms. The highest BCUT2D eigenvalue weighted by Gasteiger charge is 2.41. The topological polar surface area (TPSA) is 108 Å². The molecule has 3 N–H and O–H groups in total. The number of nitrogens with one attached hydrogen (secondary N) is 2. The highest BCUT2D eigenvalue weighted by atomic mass is 16.4. The second-order valence-electron chi connectivity index (χ2n) is 6.49.